The van der Waals surface area contributed by atoms with E-state index in [4.69, 9.17) is 0 Å². The van der Waals surface area contributed by atoms with Crippen molar-refractivity contribution in [1.82, 2.24) is 10.2 Å². The van der Waals surface area contributed by atoms with Crippen molar-refractivity contribution in [2.24, 2.45) is 0 Å². The van der Waals surface area contributed by atoms with E-state index in [0.717, 1.165) is 6.20 Å². The van der Waals surface area contributed by atoms with Crippen LogP contribution in [0.15, 0.2) is 15.5 Å². The molecule has 1 rings (SSSR count). The van der Waals surface area contributed by atoms with Gasteiger partial charge in [-0.3, -0.25) is 4.79 Å². The van der Waals surface area contributed by atoms with Crippen LogP contribution >= 0.6 is 15.9 Å². The molecule has 0 amide bonds. The second-order valence-corrected chi connectivity index (χ2v) is 3.19. The lowest BCUT2D eigenvalue weighted by Gasteiger charge is -2.09. The summed E-state index contributed by atoms with van der Waals surface area (Å²) in [5.74, 6) is 0. The highest BCUT2D eigenvalue weighted by atomic mass is 79.9. The number of H-pyrrole nitrogens is 1. The lowest BCUT2D eigenvalue weighted by molar-refractivity contribution is -0.115. The maximum absolute atomic E-state index is 11.8. The fourth-order valence-corrected chi connectivity index (χ4v) is 1.03. The van der Waals surface area contributed by atoms with Crippen molar-refractivity contribution in [3.63, 3.8) is 0 Å². The van der Waals surface area contributed by atoms with Gasteiger partial charge in [-0.2, -0.15) is 18.3 Å². The molecule has 0 spiro atoms. The molecule has 4 nitrogen and oxygen atoms in total. The van der Waals surface area contributed by atoms with Crippen LogP contribution in [0.5, 0.6) is 0 Å². The van der Waals surface area contributed by atoms with E-state index in [2.05, 4.69) is 26.1 Å². The Morgan fingerprint density at radius 1 is 1.57 bits per heavy atom. The van der Waals surface area contributed by atoms with Gasteiger partial charge in [-0.15, -0.1) is 0 Å². The molecule has 78 valence electrons. The van der Waals surface area contributed by atoms with E-state index in [9.17, 15) is 18.0 Å². The molecule has 1 heterocycles. The van der Waals surface area contributed by atoms with E-state index in [1.165, 1.54) is 0 Å². The van der Waals surface area contributed by atoms with Gasteiger partial charge in [0.25, 0.3) is 5.56 Å². The fourth-order valence-electron chi connectivity index (χ4n) is 0.702. The summed E-state index contributed by atoms with van der Waals surface area (Å²) in [6.45, 7) is -1.21. The summed E-state index contributed by atoms with van der Waals surface area (Å²) >= 11 is 2.83. The van der Waals surface area contributed by atoms with Gasteiger partial charge in [0, 0.05) is 0 Å². The number of aromatic nitrogens is 2. The smallest absolute Gasteiger partial charge is 0.374 e. The molecule has 0 aliphatic heterocycles. The van der Waals surface area contributed by atoms with Crippen LogP contribution in [0.25, 0.3) is 0 Å². The number of hydrogen-bond donors (Lipinski definition) is 2. The highest BCUT2D eigenvalue weighted by Crippen LogP contribution is 2.19. The van der Waals surface area contributed by atoms with Gasteiger partial charge in [0.2, 0.25) is 0 Å². The van der Waals surface area contributed by atoms with Crippen molar-refractivity contribution in [2.75, 3.05) is 11.9 Å². The van der Waals surface area contributed by atoms with Crippen LogP contribution in [0.1, 0.15) is 0 Å². The Hall–Kier alpha value is -1.05. The number of aromatic amines is 1. The van der Waals surface area contributed by atoms with Gasteiger partial charge in [0.05, 0.1) is 11.9 Å². The van der Waals surface area contributed by atoms with Gasteiger partial charge in [-0.05, 0) is 15.9 Å². The van der Waals surface area contributed by atoms with Gasteiger partial charge >= 0.3 is 6.18 Å². The standard InChI is InChI=1S/C6H5BrF3N3O/c7-4-3(1-12-13-5(4)14)11-2-6(8,9)10/h1H,2H2,(H2,11,13,14). The SMILES string of the molecule is O=c1[nH]ncc(NCC(F)(F)F)c1Br. The monoisotopic (exact) mass is 271 g/mol. The minimum absolute atomic E-state index is 0.00301. The Morgan fingerprint density at radius 2 is 2.21 bits per heavy atom. The van der Waals surface area contributed by atoms with Crippen LogP contribution in [0.2, 0.25) is 0 Å². The zero-order chi connectivity index (χ0) is 10.8. The summed E-state index contributed by atoms with van der Waals surface area (Å²) in [4.78, 5) is 10.9. The molecular formula is C6H5BrF3N3O. The fraction of sp³-hybridized carbons (Fsp3) is 0.333. The first-order valence-corrected chi connectivity index (χ1v) is 4.23. The van der Waals surface area contributed by atoms with Crippen LogP contribution < -0.4 is 10.9 Å². The van der Waals surface area contributed by atoms with E-state index in [0.29, 0.717) is 0 Å². The summed E-state index contributed by atoms with van der Waals surface area (Å²) in [6.07, 6.45) is -3.24. The number of nitrogens with zero attached hydrogens (tertiary/aromatic N) is 1. The van der Waals surface area contributed by atoms with Crippen molar-refractivity contribution in [3.8, 4) is 0 Å². The molecule has 0 unspecified atom stereocenters. The third-order valence-corrected chi connectivity index (χ3v) is 2.06. The van der Waals surface area contributed by atoms with Crippen molar-refractivity contribution >= 4 is 21.6 Å². The van der Waals surface area contributed by atoms with Gasteiger partial charge in [-0.25, -0.2) is 5.10 Å². The Morgan fingerprint density at radius 3 is 2.79 bits per heavy atom. The first kappa shape index (κ1) is 11.0. The topological polar surface area (TPSA) is 57.8 Å². The zero-order valence-corrected chi connectivity index (χ0v) is 8.24. The van der Waals surface area contributed by atoms with Crippen LogP contribution in [-0.2, 0) is 0 Å². The molecule has 1 aromatic rings. The van der Waals surface area contributed by atoms with Gasteiger partial charge in [0.1, 0.15) is 11.0 Å². The molecular weight excluding hydrogens is 267 g/mol. The number of alkyl halides is 3. The first-order chi connectivity index (χ1) is 6.40. The van der Waals surface area contributed by atoms with E-state index < -0.39 is 18.3 Å². The number of anilines is 1. The summed E-state index contributed by atoms with van der Waals surface area (Å²) in [5.41, 5.74) is -0.580. The molecule has 0 bridgehead atoms. The summed E-state index contributed by atoms with van der Waals surface area (Å²) in [6, 6.07) is 0. The summed E-state index contributed by atoms with van der Waals surface area (Å²) in [7, 11) is 0. The molecule has 8 heteroatoms. The van der Waals surface area contributed by atoms with E-state index >= 15 is 0 Å². The normalized spacial score (nSPS) is 11.4. The molecule has 1 aromatic heterocycles. The minimum Gasteiger partial charge on any atom is -0.374 e. The number of halogens is 4. The highest BCUT2D eigenvalue weighted by molar-refractivity contribution is 9.10. The molecule has 0 aliphatic rings. The van der Waals surface area contributed by atoms with Crippen LogP contribution in [-0.4, -0.2) is 22.9 Å². The Kier molecular flexibility index (Phi) is 3.14. The maximum atomic E-state index is 11.8. The second kappa shape index (κ2) is 3.99. The Balaban J connectivity index is 2.78. The highest BCUT2D eigenvalue weighted by Gasteiger charge is 2.27. The third-order valence-electron chi connectivity index (χ3n) is 1.27. The van der Waals surface area contributed by atoms with Crippen molar-refractivity contribution in [1.29, 1.82) is 0 Å². The molecule has 0 saturated heterocycles. The molecule has 0 fully saturated rings. The molecule has 0 radical (unpaired) electrons. The third kappa shape index (κ3) is 3.02. The van der Waals surface area contributed by atoms with Crippen molar-refractivity contribution < 1.29 is 13.2 Å². The maximum Gasteiger partial charge on any atom is 0.405 e. The predicted octanol–water partition coefficient (Wildman–Crippen LogP) is 1.51. The molecule has 14 heavy (non-hydrogen) atoms. The Labute approximate surface area is 84.6 Å². The Bertz CT molecular complexity index is 375. The lowest BCUT2D eigenvalue weighted by Crippen LogP contribution is -2.23. The zero-order valence-electron chi connectivity index (χ0n) is 6.65. The molecule has 0 saturated carbocycles. The van der Waals surface area contributed by atoms with Gasteiger partial charge in [-0.1, -0.05) is 0 Å². The van der Waals surface area contributed by atoms with Crippen molar-refractivity contribution in [3.05, 3.63) is 21.0 Å². The minimum atomic E-state index is -4.33. The van der Waals surface area contributed by atoms with E-state index in [-0.39, 0.29) is 10.2 Å². The molecule has 0 aromatic carbocycles. The number of rotatable bonds is 2. The van der Waals surface area contributed by atoms with E-state index in [1.807, 2.05) is 5.32 Å². The van der Waals surface area contributed by atoms with Gasteiger partial charge in [0.15, 0.2) is 0 Å². The largest absolute Gasteiger partial charge is 0.405 e. The molecule has 0 atom stereocenters. The van der Waals surface area contributed by atoms with Crippen LogP contribution in [0.4, 0.5) is 18.9 Å². The summed E-state index contributed by atoms with van der Waals surface area (Å²) < 4.78 is 35.4. The number of hydrogen-bond acceptors (Lipinski definition) is 3. The predicted molar refractivity (Wildman–Crippen MR) is 47.1 cm³/mol. The van der Waals surface area contributed by atoms with Crippen LogP contribution in [0, 0.1) is 0 Å². The van der Waals surface area contributed by atoms with Crippen molar-refractivity contribution in [2.45, 2.75) is 6.18 Å². The average molecular weight is 272 g/mol. The quantitative estimate of drug-likeness (QED) is 0.857. The van der Waals surface area contributed by atoms with E-state index in [1.54, 1.807) is 0 Å². The molecule has 0 aliphatic carbocycles. The van der Waals surface area contributed by atoms with Crippen LogP contribution in [0.3, 0.4) is 0 Å². The number of nitrogens with one attached hydrogen (secondary N) is 2. The first-order valence-electron chi connectivity index (χ1n) is 3.44. The molecule has 2 N–H and O–H groups in total. The average Bonchev–Trinajstić information content (AvgIpc) is 2.06. The second-order valence-electron chi connectivity index (χ2n) is 2.40. The van der Waals surface area contributed by atoms with Gasteiger partial charge < -0.3 is 5.32 Å². The lowest BCUT2D eigenvalue weighted by atomic mass is 10.4. The summed E-state index contributed by atoms with van der Waals surface area (Å²) in [5, 5.41) is 7.45.